The molecule has 34 heavy (non-hydrogen) atoms. The lowest BCUT2D eigenvalue weighted by molar-refractivity contribution is -0.137. The second-order valence-electron chi connectivity index (χ2n) is 8.73. The molecule has 1 aliphatic heterocycles. The van der Waals surface area contributed by atoms with Crippen LogP contribution in [0.3, 0.4) is 0 Å². The Labute approximate surface area is 199 Å². The number of aliphatic imine (C=N–C) groups is 1. The first-order valence-electron chi connectivity index (χ1n) is 11.6. The molecule has 0 spiro atoms. The molecule has 182 valence electrons. The summed E-state index contributed by atoms with van der Waals surface area (Å²) >= 11 is 0. The van der Waals surface area contributed by atoms with Gasteiger partial charge in [0.1, 0.15) is 12.1 Å². The monoisotopic (exact) mass is 471 g/mol. The van der Waals surface area contributed by atoms with E-state index in [0.717, 1.165) is 48.4 Å². The maximum atomic E-state index is 12.8. The first-order valence-corrected chi connectivity index (χ1v) is 11.6. The van der Waals surface area contributed by atoms with Crippen LogP contribution in [0.5, 0.6) is 0 Å². The van der Waals surface area contributed by atoms with Gasteiger partial charge in [-0.05, 0) is 36.6 Å². The summed E-state index contributed by atoms with van der Waals surface area (Å²) in [5, 5.41) is 0. The number of hydrogen-bond acceptors (Lipinski definition) is 3. The zero-order chi connectivity index (χ0) is 24.7. The van der Waals surface area contributed by atoms with E-state index in [0.29, 0.717) is 31.6 Å². The molecule has 0 fully saturated rings. The van der Waals surface area contributed by atoms with E-state index in [1.165, 1.54) is 17.7 Å². The molecular weight excluding hydrogens is 439 g/mol. The van der Waals surface area contributed by atoms with Gasteiger partial charge in [-0.1, -0.05) is 55.8 Å². The lowest BCUT2D eigenvalue weighted by Crippen LogP contribution is -2.33. The van der Waals surface area contributed by atoms with Crippen LogP contribution in [-0.2, 0) is 17.5 Å². The summed E-state index contributed by atoms with van der Waals surface area (Å²) in [6.07, 6.45) is -0.840. The quantitative estimate of drug-likeness (QED) is 0.259. The highest BCUT2D eigenvalue weighted by molar-refractivity contribution is 5.83. The van der Waals surface area contributed by atoms with Gasteiger partial charge >= 0.3 is 6.18 Å². The van der Waals surface area contributed by atoms with Gasteiger partial charge in [-0.25, -0.2) is 4.99 Å². The molecule has 1 aliphatic rings. The lowest BCUT2D eigenvalue weighted by atomic mass is 10.0. The van der Waals surface area contributed by atoms with Gasteiger partial charge in [-0.15, -0.1) is 0 Å². The number of rotatable bonds is 8. The van der Waals surface area contributed by atoms with Crippen molar-refractivity contribution in [2.75, 3.05) is 20.1 Å². The van der Waals surface area contributed by atoms with Crippen LogP contribution in [-0.4, -0.2) is 42.1 Å². The summed E-state index contributed by atoms with van der Waals surface area (Å²) in [7, 11) is 2.03. The number of amidine groups is 1. The Balaban J connectivity index is 1.72. The molecule has 2 aromatic carbocycles. The molecule has 4 nitrogen and oxygen atoms in total. The number of hydrogen-bond donors (Lipinski definition) is 0. The molecule has 1 atom stereocenters. The normalized spacial score (nSPS) is 16.5. The first-order chi connectivity index (χ1) is 16.2. The van der Waals surface area contributed by atoms with Gasteiger partial charge in [0.25, 0.3) is 0 Å². The summed E-state index contributed by atoms with van der Waals surface area (Å²) in [4.78, 5) is 20.9. The molecule has 3 rings (SSSR count). The van der Waals surface area contributed by atoms with E-state index in [4.69, 9.17) is 4.99 Å². The van der Waals surface area contributed by atoms with Crippen LogP contribution in [0.25, 0.3) is 0 Å². The average Bonchev–Trinajstić information content (AvgIpc) is 2.83. The minimum atomic E-state index is -4.34. The van der Waals surface area contributed by atoms with Crippen molar-refractivity contribution in [2.24, 2.45) is 4.99 Å². The molecule has 0 saturated carbocycles. The molecule has 2 aromatic rings. The average molecular weight is 472 g/mol. The summed E-state index contributed by atoms with van der Waals surface area (Å²) in [5.74, 6) is 0.854. The van der Waals surface area contributed by atoms with Crippen molar-refractivity contribution >= 4 is 12.1 Å². The maximum Gasteiger partial charge on any atom is 0.416 e. The third-order valence-electron chi connectivity index (χ3n) is 6.28. The van der Waals surface area contributed by atoms with E-state index < -0.39 is 11.7 Å². The minimum absolute atomic E-state index is 0.204. The fraction of sp³-hybridized carbons (Fsp3) is 0.407. The summed E-state index contributed by atoms with van der Waals surface area (Å²) in [5.41, 5.74) is 2.77. The fourth-order valence-electron chi connectivity index (χ4n) is 4.29. The van der Waals surface area contributed by atoms with Crippen LogP contribution in [0.15, 0.2) is 70.9 Å². The first kappa shape index (κ1) is 25.7. The zero-order valence-corrected chi connectivity index (χ0v) is 20.0. The summed E-state index contributed by atoms with van der Waals surface area (Å²) in [6, 6.07) is 15.7. The van der Waals surface area contributed by atoms with Crippen LogP contribution in [0.2, 0.25) is 0 Å². The molecule has 1 heterocycles. The maximum absolute atomic E-state index is 12.8. The van der Waals surface area contributed by atoms with Crippen LogP contribution in [0, 0.1) is 0 Å². The number of alkyl halides is 3. The van der Waals surface area contributed by atoms with Crippen molar-refractivity contribution in [1.29, 1.82) is 0 Å². The van der Waals surface area contributed by atoms with Gasteiger partial charge in [0.05, 0.1) is 17.3 Å². The van der Waals surface area contributed by atoms with Crippen molar-refractivity contribution < 1.29 is 18.0 Å². The Morgan fingerprint density at radius 2 is 1.82 bits per heavy atom. The highest BCUT2D eigenvalue weighted by Crippen LogP contribution is 2.30. The molecule has 7 heteroatoms. The predicted octanol–water partition coefficient (Wildman–Crippen LogP) is 6.26. The van der Waals surface area contributed by atoms with Gasteiger partial charge < -0.3 is 4.90 Å². The predicted molar refractivity (Wildman–Crippen MR) is 129 cm³/mol. The molecular formula is C27H32F3N3O. The Morgan fingerprint density at radius 1 is 1.15 bits per heavy atom. The van der Waals surface area contributed by atoms with E-state index in [9.17, 15) is 18.0 Å². The number of carbonyl (C=O) groups is 1. The topological polar surface area (TPSA) is 35.9 Å². The van der Waals surface area contributed by atoms with Crippen molar-refractivity contribution in [3.8, 4) is 0 Å². The number of halogens is 3. The van der Waals surface area contributed by atoms with E-state index >= 15 is 0 Å². The molecule has 0 bridgehead atoms. The van der Waals surface area contributed by atoms with Crippen LogP contribution in [0.4, 0.5) is 13.2 Å². The second kappa shape index (κ2) is 11.5. The van der Waals surface area contributed by atoms with Crippen molar-refractivity contribution in [3.63, 3.8) is 0 Å². The van der Waals surface area contributed by atoms with E-state index in [1.807, 2.05) is 32.2 Å². The standard InChI is InChI=1S/C27H32F3N3O/c1-4-8-26(22-9-6-5-7-10-22)32(3)20(2)31-25-15-16-33(18-23(25)19-34)17-21-11-13-24(14-12-21)27(28,29)30/h5-7,9-14,19,26H,4,8,15-18H2,1-3H3. The molecule has 0 radical (unpaired) electrons. The number of benzene rings is 2. The molecule has 0 aromatic heterocycles. The van der Waals surface area contributed by atoms with Gasteiger partial charge in [-0.2, -0.15) is 13.2 Å². The van der Waals surface area contributed by atoms with Crippen LogP contribution in [0.1, 0.15) is 55.8 Å². The van der Waals surface area contributed by atoms with Crippen molar-refractivity contribution in [2.45, 2.75) is 51.9 Å². The fourth-order valence-corrected chi connectivity index (χ4v) is 4.29. The Bertz CT molecular complexity index is 1010. The Morgan fingerprint density at radius 3 is 2.41 bits per heavy atom. The molecule has 0 N–H and O–H groups in total. The van der Waals surface area contributed by atoms with Gasteiger partial charge in [0, 0.05) is 38.7 Å². The highest BCUT2D eigenvalue weighted by atomic mass is 19.4. The minimum Gasteiger partial charge on any atom is -0.356 e. The lowest BCUT2D eigenvalue weighted by Gasteiger charge is -2.31. The van der Waals surface area contributed by atoms with Gasteiger partial charge in [0.15, 0.2) is 0 Å². The van der Waals surface area contributed by atoms with Crippen LogP contribution >= 0.6 is 0 Å². The summed E-state index contributed by atoms with van der Waals surface area (Å²) in [6.45, 7) is 5.73. The molecule has 1 unspecified atom stereocenters. The molecule has 0 aliphatic carbocycles. The van der Waals surface area contributed by atoms with Gasteiger partial charge in [0.2, 0.25) is 0 Å². The van der Waals surface area contributed by atoms with Gasteiger partial charge in [-0.3, -0.25) is 9.69 Å². The smallest absolute Gasteiger partial charge is 0.356 e. The number of nitrogens with zero attached hydrogens (tertiary/aromatic N) is 3. The third kappa shape index (κ3) is 6.56. The summed E-state index contributed by atoms with van der Waals surface area (Å²) < 4.78 is 38.4. The second-order valence-corrected chi connectivity index (χ2v) is 8.73. The third-order valence-corrected chi connectivity index (χ3v) is 6.28. The zero-order valence-electron chi connectivity index (χ0n) is 20.0. The highest BCUT2D eigenvalue weighted by Gasteiger charge is 2.30. The van der Waals surface area contributed by atoms with Crippen molar-refractivity contribution in [1.82, 2.24) is 9.80 Å². The SMILES string of the molecule is CCCC(c1ccccc1)N(C)C(C)=NC1=C(C=O)CN(Cc2ccc(C(F)(F)F)cc2)CC1. The number of aldehydes is 1. The number of carbonyl (C=O) groups excluding carboxylic acids is 1. The largest absolute Gasteiger partial charge is 0.416 e. The Kier molecular flexibility index (Phi) is 8.67. The van der Waals surface area contributed by atoms with E-state index in [-0.39, 0.29) is 6.04 Å². The van der Waals surface area contributed by atoms with Crippen LogP contribution < -0.4 is 0 Å². The molecule has 0 saturated heterocycles. The van der Waals surface area contributed by atoms with Crippen molar-refractivity contribution in [3.05, 3.63) is 82.6 Å². The molecule has 0 amide bonds. The van der Waals surface area contributed by atoms with E-state index in [1.54, 1.807) is 0 Å². The van der Waals surface area contributed by atoms with E-state index in [2.05, 4.69) is 28.9 Å². The Hall–Kier alpha value is -2.93.